The Morgan fingerprint density at radius 1 is 1.12 bits per heavy atom. The number of nitrogens with zero attached hydrogens (tertiary/aromatic N) is 1. The molecular weight excluding hydrogens is 379 g/mol. The maximum absolute atomic E-state index is 12.5. The normalized spacial score (nSPS) is 15.3. The molecule has 1 aliphatic rings. The number of esters is 1. The van der Waals surface area contributed by atoms with E-state index >= 15 is 0 Å². The summed E-state index contributed by atoms with van der Waals surface area (Å²) in [5, 5.41) is 1.33. The number of carbonyl (C=O) groups excluding carboxylic acids is 3. The van der Waals surface area contributed by atoms with Gasteiger partial charge in [-0.2, -0.15) is 0 Å². The predicted molar refractivity (Wildman–Crippen MR) is 97.8 cm³/mol. The fourth-order valence-electron chi connectivity index (χ4n) is 2.39. The topological polar surface area (TPSA) is 75.7 Å². The van der Waals surface area contributed by atoms with E-state index in [9.17, 15) is 14.4 Å². The van der Waals surface area contributed by atoms with Crippen molar-refractivity contribution in [1.29, 1.82) is 0 Å². The molecule has 8 heteroatoms. The van der Waals surface area contributed by atoms with Crippen molar-refractivity contribution in [2.45, 2.75) is 6.92 Å². The van der Waals surface area contributed by atoms with Crippen LogP contribution in [0.3, 0.4) is 0 Å². The van der Waals surface area contributed by atoms with Crippen molar-refractivity contribution in [3.05, 3.63) is 63.6 Å². The fourth-order valence-corrected chi connectivity index (χ4v) is 2.97. The van der Waals surface area contributed by atoms with Crippen molar-refractivity contribution in [2.24, 2.45) is 0 Å². The second kappa shape index (κ2) is 7.19. The fraction of sp³-hybridized carbons (Fsp3) is 0.0556. The lowest BCUT2D eigenvalue weighted by Gasteiger charge is -2.13. The number of ether oxygens (including phenoxy) is 1. The van der Waals surface area contributed by atoms with Gasteiger partial charge in [0.25, 0.3) is 11.8 Å². The molecule has 2 aromatic rings. The van der Waals surface area contributed by atoms with Gasteiger partial charge in [-0.25, -0.2) is 5.01 Å². The van der Waals surface area contributed by atoms with Gasteiger partial charge in [0.15, 0.2) is 5.75 Å². The number of hydrogen-bond donors (Lipinski definition) is 1. The SMILES string of the molecule is CC(=O)Oc1c(Cl)cc(C=C2C(=O)NN(c3ccccc3)C2=O)cc1Cl. The molecule has 132 valence electrons. The molecule has 0 aliphatic carbocycles. The van der Waals surface area contributed by atoms with Crippen molar-refractivity contribution in [3.8, 4) is 5.75 Å². The highest BCUT2D eigenvalue weighted by atomic mass is 35.5. The number of hydrogen-bond acceptors (Lipinski definition) is 4. The molecule has 3 rings (SSSR count). The Morgan fingerprint density at radius 2 is 1.73 bits per heavy atom. The largest absolute Gasteiger partial charge is 0.424 e. The van der Waals surface area contributed by atoms with Crippen LogP contribution in [0.4, 0.5) is 5.69 Å². The molecule has 0 spiro atoms. The number of nitrogens with one attached hydrogen (secondary N) is 1. The molecule has 6 nitrogen and oxygen atoms in total. The number of amides is 2. The average Bonchev–Trinajstić information content (AvgIpc) is 2.87. The highest BCUT2D eigenvalue weighted by Crippen LogP contribution is 2.35. The van der Waals surface area contributed by atoms with E-state index in [0.29, 0.717) is 11.3 Å². The second-order valence-electron chi connectivity index (χ2n) is 5.38. The van der Waals surface area contributed by atoms with Gasteiger partial charge in [-0.1, -0.05) is 41.4 Å². The van der Waals surface area contributed by atoms with Gasteiger partial charge in [0, 0.05) is 6.92 Å². The Hall–Kier alpha value is -2.83. The molecular formula is C18H12Cl2N2O4. The molecule has 0 atom stereocenters. The summed E-state index contributed by atoms with van der Waals surface area (Å²) in [5.41, 5.74) is 3.39. The molecule has 2 amide bonds. The first-order valence-electron chi connectivity index (χ1n) is 7.46. The summed E-state index contributed by atoms with van der Waals surface area (Å²) in [6, 6.07) is 11.6. The summed E-state index contributed by atoms with van der Waals surface area (Å²) in [5.74, 6) is -1.59. The van der Waals surface area contributed by atoms with Crippen molar-refractivity contribution < 1.29 is 19.1 Å². The third kappa shape index (κ3) is 3.56. The van der Waals surface area contributed by atoms with Gasteiger partial charge in [0.1, 0.15) is 5.57 Å². The molecule has 1 aliphatic heterocycles. The van der Waals surface area contributed by atoms with Crippen LogP contribution < -0.4 is 15.2 Å². The number of halogens is 2. The zero-order chi connectivity index (χ0) is 18.8. The van der Waals surface area contributed by atoms with Crippen molar-refractivity contribution >= 4 is 52.7 Å². The van der Waals surface area contributed by atoms with Gasteiger partial charge in [-0.3, -0.25) is 19.8 Å². The third-order valence-corrected chi connectivity index (χ3v) is 4.04. The minimum absolute atomic E-state index is 0.0242. The van der Waals surface area contributed by atoms with Gasteiger partial charge >= 0.3 is 5.97 Å². The lowest BCUT2D eigenvalue weighted by Crippen LogP contribution is -2.35. The van der Waals surface area contributed by atoms with Gasteiger partial charge in [-0.15, -0.1) is 0 Å². The van der Waals surface area contributed by atoms with Gasteiger partial charge in [0.05, 0.1) is 15.7 Å². The van der Waals surface area contributed by atoms with E-state index in [1.165, 1.54) is 25.1 Å². The summed E-state index contributed by atoms with van der Waals surface area (Å²) >= 11 is 12.1. The molecule has 0 aromatic heterocycles. The number of hydrazine groups is 1. The van der Waals surface area contributed by atoms with E-state index in [1.807, 2.05) is 0 Å². The molecule has 2 aromatic carbocycles. The molecule has 26 heavy (non-hydrogen) atoms. The maximum atomic E-state index is 12.5. The number of anilines is 1. The van der Waals surface area contributed by atoms with Crippen LogP contribution in [0.5, 0.6) is 5.75 Å². The Bertz CT molecular complexity index is 918. The minimum Gasteiger partial charge on any atom is -0.424 e. The quantitative estimate of drug-likeness (QED) is 0.377. The zero-order valence-electron chi connectivity index (χ0n) is 13.5. The number of carbonyl (C=O) groups is 3. The molecule has 1 heterocycles. The first-order chi connectivity index (χ1) is 12.4. The van der Waals surface area contributed by atoms with Crippen LogP contribution in [-0.2, 0) is 14.4 Å². The molecule has 1 saturated heterocycles. The van der Waals surface area contributed by atoms with Crippen LogP contribution >= 0.6 is 23.2 Å². The van der Waals surface area contributed by atoms with E-state index in [-0.39, 0.29) is 21.4 Å². The molecule has 0 unspecified atom stereocenters. The first-order valence-corrected chi connectivity index (χ1v) is 8.22. The van der Waals surface area contributed by atoms with Crippen LogP contribution in [0.25, 0.3) is 6.08 Å². The van der Waals surface area contributed by atoms with Crippen LogP contribution in [-0.4, -0.2) is 17.8 Å². The van der Waals surface area contributed by atoms with Gasteiger partial charge in [-0.05, 0) is 35.9 Å². The lowest BCUT2D eigenvalue weighted by molar-refractivity contribution is -0.131. The lowest BCUT2D eigenvalue weighted by atomic mass is 10.1. The van der Waals surface area contributed by atoms with Crippen LogP contribution in [0.15, 0.2) is 48.0 Å². The second-order valence-corrected chi connectivity index (χ2v) is 6.20. The molecule has 1 fully saturated rings. The Kier molecular flexibility index (Phi) is 4.97. The molecule has 0 radical (unpaired) electrons. The van der Waals surface area contributed by atoms with E-state index in [2.05, 4.69) is 5.43 Å². The standard InChI is InChI=1S/C18H12Cl2N2O4/c1-10(23)26-16-14(19)8-11(9-15(16)20)7-13-17(24)21-22(18(13)25)12-5-3-2-4-6-12/h2-9H,1H3,(H,21,24). The summed E-state index contributed by atoms with van der Waals surface area (Å²) in [7, 11) is 0. The summed E-state index contributed by atoms with van der Waals surface area (Å²) in [4.78, 5) is 35.8. The highest BCUT2D eigenvalue weighted by molar-refractivity contribution is 6.38. The number of benzene rings is 2. The van der Waals surface area contributed by atoms with Crippen LogP contribution in [0.1, 0.15) is 12.5 Å². The highest BCUT2D eigenvalue weighted by Gasteiger charge is 2.34. The number of para-hydroxylation sites is 1. The third-order valence-electron chi connectivity index (χ3n) is 3.48. The molecule has 1 N–H and O–H groups in total. The van der Waals surface area contributed by atoms with Gasteiger partial charge in [0.2, 0.25) is 0 Å². The Balaban J connectivity index is 1.94. The Labute approximate surface area is 158 Å². The van der Waals surface area contributed by atoms with E-state index in [4.69, 9.17) is 27.9 Å². The molecule has 0 saturated carbocycles. The summed E-state index contributed by atoms with van der Waals surface area (Å²) < 4.78 is 4.94. The monoisotopic (exact) mass is 390 g/mol. The maximum Gasteiger partial charge on any atom is 0.308 e. The minimum atomic E-state index is -0.566. The van der Waals surface area contributed by atoms with Crippen molar-refractivity contribution in [2.75, 3.05) is 5.01 Å². The van der Waals surface area contributed by atoms with E-state index in [1.54, 1.807) is 30.3 Å². The number of rotatable bonds is 3. The zero-order valence-corrected chi connectivity index (χ0v) is 15.0. The van der Waals surface area contributed by atoms with Crippen LogP contribution in [0, 0.1) is 0 Å². The average molecular weight is 391 g/mol. The van der Waals surface area contributed by atoms with Gasteiger partial charge < -0.3 is 4.74 Å². The molecule has 0 bridgehead atoms. The summed E-state index contributed by atoms with van der Waals surface area (Å²) in [6.45, 7) is 1.22. The predicted octanol–water partition coefficient (Wildman–Crippen LogP) is 3.38. The van der Waals surface area contributed by atoms with Crippen LogP contribution in [0.2, 0.25) is 10.0 Å². The van der Waals surface area contributed by atoms with Crippen molar-refractivity contribution in [3.63, 3.8) is 0 Å². The van der Waals surface area contributed by atoms with E-state index < -0.39 is 17.8 Å². The first kappa shape index (κ1) is 18.0. The van der Waals surface area contributed by atoms with Crippen molar-refractivity contribution in [1.82, 2.24) is 5.43 Å². The summed E-state index contributed by atoms with van der Waals surface area (Å²) in [6.07, 6.45) is 1.37. The Morgan fingerprint density at radius 3 is 2.31 bits per heavy atom. The van der Waals surface area contributed by atoms with E-state index in [0.717, 1.165) is 5.01 Å². The smallest absolute Gasteiger partial charge is 0.308 e.